The second kappa shape index (κ2) is 2.52. The first-order chi connectivity index (χ1) is 3.98. The van der Waals surface area contributed by atoms with Crippen LogP contribution >= 0.6 is 0 Å². The minimum Gasteiger partial charge on any atom is -0.404 e. The molecule has 5 heteroatoms. The molecule has 0 spiro atoms. The summed E-state index contributed by atoms with van der Waals surface area (Å²) in [4.78, 5) is 9.77. The zero-order valence-electron chi connectivity index (χ0n) is 4.27. The molecule has 0 unspecified atom stereocenters. The molecule has 0 fully saturated rings. The van der Waals surface area contributed by atoms with Gasteiger partial charge in [-0.15, -0.1) is 0 Å². The molecule has 0 heterocycles. The molecule has 0 bridgehead atoms. The third-order valence-corrected chi connectivity index (χ3v) is 0.527. The van der Waals surface area contributed by atoms with E-state index in [4.69, 9.17) is 0 Å². The molecule has 0 aliphatic heterocycles. The maximum Gasteiger partial charge on any atom is 0.454 e. The monoisotopic (exact) mass is 139 g/mol. The van der Waals surface area contributed by atoms with Crippen LogP contribution in [0.25, 0.3) is 0 Å². The van der Waals surface area contributed by atoms with Crippen molar-refractivity contribution in [2.75, 3.05) is 0 Å². The number of carbonyl (C=O) groups is 1. The molecule has 0 rings (SSSR count). The van der Waals surface area contributed by atoms with Gasteiger partial charge in [0.1, 0.15) is 0 Å². The molecule has 0 amide bonds. The first-order valence-corrected chi connectivity index (χ1v) is 1.98. The molecule has 0 aliphatic rings. The molecule has 0 saturated carbocycles. The Morgan fingerprint density at radius 1 is 1.44 bits per heavy atom. The Morgan fingerprint density at radius 3 is 2.00 bits per heavy atom. The van der Waals surface area contributed by atoms with Crippen LogP contribution in [0.5, 0.6) is 0 Å². The SMILES string of the molecule is NC=CC(=O)C(F)(F)F. The van der Waals surface area contributed by atoms with E-state index in [0.717, 1.165) is 0 Å². The average Bonchev–Trinajstić information content (AvgIpc) is 1.64. The number of ketones is 1. The number of hydrogen-bond donors (Lipinski definition) is 1. The van der Waals surface area contributed by atoms with Crippen molar-refractivity contribution in [1.29, 1.82) is 0 Å². The molecule has 0 aliphatic carbocycles. The fraction of sp³-hybridized carbons (Fsp3) is 0.250. The predicted molar refractivity (Wildman–Crippen MR) is 24.4 cm³/mol. The number of rotatable bonds is 1. The maximum absolute atomic E-state index is 11.2. The zero-order valence-corrected chi connectivity index (χ0v) is 4.27. The van der Waals surface area contributed by atoms with Gasteiger partial charge in [0.2, 0.25) is 0 Å². The molecule has 52 valence electrons. The Balaban J connectivity index is 4.06. The first kappa shape index (κ1) is 8.00. The van der Waals surface area contributed by atoms with Gasteiger partial charge in [-0.05, 0) is 6.20 Å². The van der Waals surface area contributed by atoms with Gasteiger partial charge >= 0.3 is 6.18 Å². The summed E-state index contributed by atoms with van der Waals surface area (Å²) in [6.45, 7) is 0. The van der Waals surface area contributed by atoms with Crippen molar-refractivity contribution >= 4 is 5.78 Å². The fourth-order valence-electron chi connectivity index (χ4n) is 0.182. The molecular formula is C4H4F3NO. The summed E-state index contributed by atoms with van der Waals surface area (Å²) in [5.41, 5.74) is 4.52. The highest BCUT2D eigenvalue weighted by atomic mass is 19.4. The second-order valence-electron chi connectivity index (χ2n) is 1.22. The Labute approximate surface area is 49.1 Å². The number of nitrogens with two attached hydrogens (primary N) is 1. The lowest BCUT2D eigenvalue weighted by Crippen LogP contribution is -2.20. The van der Waals surface area contributed by atoms with Crippen LogP contribution in [0.2, 0.25) is 0 Å². The van der Waals surface area contributed by atoms with Crippen molar-refractivity contribution in [2.45, 2.75) is 6.18 Å². The van der Waals surface area contributed by atoms with Gasteiger partial charge in [-0.3, -0.25) is 4.79 Å². The van der Waals surface area contributed by atoms with Crippen molar-refractivity contribution in [2.24, 2.45) is 5.73 Å². The highest BCUT2D eigenvalue weighted by molar-refractivity contribution is 5.94. The summed E-state index contributed by atoms with van der Waals surface area (Å²) in [5, 5.41) is 0. The summed E-state index contributed by atoms with van der Waals surface area (Å²) >= 11 is 0. The molecule has 0 radical (unpaired) electrons. The lowest BCUT2D eigenvalue weighted by Gasteiger charge is -1.97. The van der Waals surface area contributed by atoms with E-state index < -0.39 is 12.0 Å². The number of carbonyl (C=O) groups excluding carboxylic acids is 1. The molecule has 0 atom stereocenters. The summed E-state index contributed by atoms with van der Waals surface area (Å²) in [5.74, 6) is -1.94. The van der Waals surface area contributed by atoms with Gasteiger partial charge in [0.05, 0.1) is 0 Å². The van der Waals surface area contributed by atoms with E-state index in [1.807, 2.05) is 0 Å². The largest absolute Gasteiger partial charge is 0.454 e. The molecule has 0 aromatic heterocycles. The van der Waals surface area contributed by atoms with Crippen LogP contribution in [0.1, 0.15) is 0 Å². The fourth-order valence-corrected chi connectivity index (χ4v) is 0.182. The highest BCUT2D eigenvalue weighted by Crippen LogP contribution is 2.15. The van der Waals surface area contributed by atoms with Gasteiger partial charge < -0.3 is 5.73 Å². The van der Waals surface area contributed by atoms with E-state index in [1.54, 1.807) is 0 Å². The van der Waals surface area contributed by atoms with Crippen LogP contribution in [0.4, 0.5) is 13.2 Å². The molecule has 0 aromatic carbocycles. The van der Waals surface area contributed by atoms with Crippen molar-refractivity contribution in [3.05, 3.63) is 12.3 Å². The van der Waals surface area contributed by atoms with Gasteiger partial charge in [-0.2, -0.15) is 13.2 Å². The quantitative estimate of drug-likeness (QED) is 0.540. The van der Waals surface area contributed by atoms with Crippen molar-refractivity contribution < 1.29 is 18.0 Å². The van der Waals surface area contributed by atoms with Crippen LogP contribution in [-0.2, 0) is 4.79 Å². The number of alkyl halides is 3. The smallest absolute Gasteiger partial charge is 0.404 e. The summed E-state index contributed by atoms with van der Waals surface area (Å²) < 4.78 is 33.5. The summed E-state index contributed by atoms with van der Waals surface area (Å²) in [7, 11) is 0. The minimum atomic E-state index is -4.80. The molecule has 2 N–H and O–H groups in total. The Bertz CT molecular complexity index is 137. The van der Waals surface area contributed by atoms with Crippen LogP contribution in [0.3, 0.4) is 0 Å². The topological polar surface area (TPSA) is 43.1 Å². The van der Waals surface area contributed by atoms with E-state index in [-0.39, 0.29) is 6.08 Å². The van der Waals surface area contributed by atoms with Gasteiger partial charge in [0.15, 0.2) is 0 Å². The normalized spacial score (nSPS) is 12.3. The minimum absolute atomic E-state index is 0.264. The summed E-state index contributed by atoms with van der Waals surface area (Å²) in [6.07, 6.45) is -3.98. The van der Waals surface area contributed by atoms with Crippen LogP contribution in [-0.4, -0.2) is 12.0 Å². The average molecular weight is 139 g/mol. The molecule has 0 aromatic rings. The number of allylic oxidation sites excluding steroid dienone is 1. The van der Waals surface area contributed by atoms with E-state index in [9.17, 15) is 18.0 Å². The predicted octanol–water partition coefficient (Wildman–Crippen LogP) is 0.590. The van der Waals surface area contributed by atoms with Gasteiger partial charge in [-0.1, -0.05) is 0 Å². The van der Waals surface area contributed by atoms with E-state index in [1.165, 1.54) is 0 Å². The number of halogens is 3. The third kappa shape index (κ3) is 2.73. The number of hydrogen-bond acceptors (Lipinski definition) is 2. The van der Waals surface area contributed by atoms with Crippen LogP contribution in [0, 0.1) is 0 Å². The Hall–Kier alpha value is -1.00. The van der Waals surface area contributed by atoms with Gasteiger partial charge in [0.25, 0.3) is 5.78 Å². The third-order valence-electron chi connectivity index (χ3n) is 0.527. The van der Waals surface area contributed by atoms with Crippen LogP contribution in [0.15, 0.2) is 12.3 Å². The molecule has 0 saturated heterocycles. The van der Waals surface area contributed by atoms with Gasteiger partial charge in [0, 0.05) is 6.08 Å². The lowest BCUT2D eigenvalue weighted by atomic mass is 10.4. The highest BCUT2D eigenvalue weighted by Gasteiger charge is 2.35. The second-order valence-corrected chi connectivity index (χ2v) is 1.22. The standard InChI is InChI=1S/C4H4F3NO/c5-4(6,7)3(9)1-2-8/h1-2H,8H2. The summed E-state index contributed by atoms with van der Waals surface area (Å²) in [6, 6.07) is 0. The van der Waals surface area contributed by atoms with E-state index in [2.05, 4.69) is 5.73 Å². The molecular weight excluding hydrogens is 135 g/mol. The van der Waals surface area contributed by atoms with E-state index >= 15 is 0 Å². The maximum atomic E-state index is 11.2. The lowest BCUT2D eigenvalue weighted by molar-refractivity contribution is -0.165. The molecule has 2 nitrogen and oxygen atoms in total. The van der Waals surface area contributed by atoms with Crippen molar-refractivity contribution in [1.82, 2.24) is 0 Å². The van der Waals surface area contributed by atoms with Crippen LogP contribution < -0.4 is 5.73 Å². The van der Waals surface area contributed by atoms with Crippen molar-refractivity contribution in [3.8, 4) is 0 Å². The van der Waals surface area contributed by atoms with Crippen molar-refractivity contribution in [3.63, 3.8) is 0 Å². The first-order valence-electron chi connectivity index (χ1n) is 1.98. The van der Waals surface area contributed by atoms with E-state index in [0.29, 0.717) is 6.20 Å². The zero-order chi connectivity index (χ0) is 7.49. The Morgan fingerprint density at radius 2 is 1.89 bits per heavy atom. The van der Waals surface area contributed by atoms with Gasteiger partial charge in [-0.25, -0.2) is 0 Å². The Kier molecular flexibility index (Phi) is 2.24. The molecule has 9 heavy (non-hydrogen) atoms.